The number of benzene rings is 3. The minimum absolute atomic E-state index is 0.0244. The standard InChI is InChI=1S/C17H15N3O4S/c1-18-25(23,24)12-7-9-15(21)14(10-12)19-20-17-13-5-3-2-4-11(13)6-8-16(17)22/h2-10,18,21-22H,1H3. The first-order chi connectivity index (χ1) is 11.9. The van der Waals surface area contributed by atoms with Gasteiger partial charge in [0, 0.05) is 5.39 Å². The van der Waals surface area contributed by atoms with E-state index in [1.54, 1.807) is 18.2 Å². The van der Waals surface area contributed by atoms with Crippen LogP contribution in [0.15, 0.2) is 69.7 Å². The van der Waals surface area contributed by atoms with Crippen LogP contribution in [0, 0.1) is 0 Å². The Morgan fingerprint density at radius 2 is 1.64 bits per heavy atom. The van der Waals surface area contributed by atoms with Gasteiger partial charge in [-0.05, 0) is 36.7 Å². The van der Waals surface area contributed by atoms with E-state index >= 15 is 0 Å². The van der Waals surface area contributed by atoms with E-state index in [2.05, 4.69) is 15.0 Å². The third kappa shape index (κ3) is 3.30. The van der Waals surface area contributed by atoms with E-state index in [-0.39, 0.29) is 27.8 Å². The van der Waals surface area contributed by atoms with Gasteiger partial charge in [0.15, 0.2) is 0 Å². The molecule has 0 unspecified atom stereocenters. The van der Waals surface area contributed by atoms with E-state index in [4.69, 9.17) is 0 Å². The van der Waals surface area contributed by atoms with Crippen molar-refractivity contribution in [1.29, 1.82) is 0 Å². The summed E-state index contributed by atoms with van der Waals surface area (Å²) in [5.74, 6) is -0.292. The molecule has 25 heavy (non-hydrogen) atoms. The van der Waals surface area contributed by atoms with Crippen molar-refractivity contribution in [2.45, 2.75) is 4.90 Å². The lowest BCUT2D eigenvalue weighted by atomic mass is 10.1. The number of aromatic hydroxyl groups is 2. The number of nitrogens with zero attached hydrogens (tertiary/aromatic N) is 2. The smallest absolute Gasteiger partial charge is 0.240 e. The molecule has 0 spiro atoms. The van der Waals surface area contributed by atoms with E-state index in [1.165, 1.54) is 31.3 Å². The van der Waals surface area contributed by atoms with Crippen molar-refractivity contribution in [2.24, 2.45) is 10.2 Å². The number of nitrogens with one attached hydrogen (secondary N) is 1. The highest BCUT2D eigenvalue weighted by Gasteiger charge is 2.14. The Morgan fingerprint density at radius 3 is 2.40 bits per heavy atom. The van der Waals surface area contributed by atoms with Gasteiger partial charge in [0.2, 0.25) is 10.0 Å². The van der Waals surface area contributed by atoms with Crippen LogP contribution in [0.4, 0.5) is 11.4 Å². The average Bonchev–Trinajstić information content (AvgIpc) is 2.62. The number of phenolic OH excluding ortho intramolecular Hbond substituents is 2. The molecule has 0 fully saturated rings. The van der Waals surface area contributed by atoms with E-state index in [9.17, 15) is 18.6 Å². The molecule has 0 radical (unpaired) electrons. The fourth-order valence-corrected chi connectivity index (χ4v) is 3.07. The minimum atomic E-state index is -3.68. The maximum absolute atomic E-state index is 11.9. The lowest BCUT2D eigenvalue weighted by molar-refractivity contribution is 0.474. The monoisotopic (exact) mass is 357 g/mol. The molecule has 0 atom stereocenters. The molecule has 3 rings (SSSR count). The van der Waals surface area contributed by atoms with Gasteiger partial charge in [0.1, 0.15) is 22.9 Å². The summed E-state index contributed by atoms with van der Waals surface area (Å²) >= 11 is 0. The highest BCUT2D eigenvalue weighted by atomic mass is 32.2. The topological polar surface area (TPSA) is 111 Å². The molecule has 0 saturated carbocycles. The quantitative estimate of drug-likeness (QED) is 0.620. The van der Waals surface area contributed by atoms with Gasteiger partial charge in [-0.25, -0.2) is 13.1 Å². The first-order valence-electron chi connectivity index (χ1n) is 7.31. The predicted octanol–water partition coefficient (Wildman–Crippen LogP) is 3.57. The van der Waals surface area contributed by atoms with Crippen molar-refractivity contribution in [3.05, 3.63) is 54.6 Å². The van der Waals surface area contributed by atoms with Crippen molar-refractivity contribution >= 4 is 32.2 Å². The lowest BCUT2D eigenvalue weighted by Crippen LogP contribution is -2.18. The Hall–Kier alpha value is -2.97. The van der Waals surface area contributed by atoms with Crippen LogP contribution in [0.25, 0.3) is 10.8 Å². The number of hydrogen-bond acceptors (Lipinski definition) is 6. The second-order valence-corrected chi connectivity index (χ2v) is 7.10. The zero-order valence-electron chi connectivity index (χ0n) is 13.2. The number of fused-ring (bicyclic) bond motifs is 1. The number of azo groups is 1. The Kier molecular flexibility index (Phi) is 4.39. The molecule has 3 aromatic carbocycles. The molecular formula is C17H15N3O4S. The van der Waals surface area contributed by atoms with Gasteiger partial charge in [0.25, 0.3) is 0 Å². The molecule has 128 valence electrons. The summed E-state index contributed by atoms with van der Waals surface area (Å²) in [6.45, 7) is 0. The van der Waals surface area contributed by atoms with Gasteiger partial charge in [-0.1, -0.05) is 30.3 Å². The molecule has 8 heteroatoms. The largest absolute Gasteiger partial charge is 0.506 e. The molecule has 3 aromatic rings. The highest BCUT2D eigenvalue weighted by Crippen LogP contribution is 2.37. The van der Waals surface area contributed by atoms with Crippen LogP contribution in [-0.2, 0) is 10.0 Å². The summed E-state index contributed by atoms with van der Waals surface area (Å²) in [6.07, 6.45) is 0. The molecule has 0 saturated heterocycles. The normalized spacial score (nSPS) is 12.0. The van der Waals surface area contributed by atoms with E-state index in [0.29, 0.717) is 5.39 Å². The zero-order valence-corrected chi connectivity index (χ0v) is 14.0. The second kappa shape index (κ2) is 6.50. The van der Waals surface area contributed by atoms with E-state index in [1.807, 2.05) is 12.1 Å². The number of phenols is 2. The number of sulfonamides is 1. The van der Waals surface area contributed by atoms with Crippen LogP contribution in [0.1, 0.15) is 0 Å². The number of rotatable bonds is 4. The maximum Gasteiger partial charge on any atom is 0.240 e. The lowest BCUT2D eigenvalue weighted by Gasteiger charge is -2.06. The zero-order chi connectivity index (χ0) is 18.0. The molecular weight excluding hydrogens is 342 g/mol. The number of hydrogen-bond donors (Lipinski definition) is 3. The van der Waals surface area contributed by atoms with Crippen molar-refractivity contribution in [3.8, 4) is 11.5 Å². The SMILES string of the molecule is CNS(=O)(=O)c1ccc(O)c(N=Nc2c(O)ccc3ccccc23)c1. The Labute approximate surface area is 144 Å². The van der Waals surface area contributed by atoms with Crippen LogP contribution in [0.2, 0.25) is 0 Å². The Bertz CT molecular complexity index is 1080. The van der Waals surface area contributed by atoms with Crippen LogP contribution < -0.4 is 4.72 Å². The molecule has 3 N–H and O–H groups in total. The summed E-state index contributed by atoms with van der Waals surface area (Å²) in [5, 5.41) is 29.4. The molecule has 0 bridgehead atoms. The average molecular weight is 357 g/mol. The van der Waals surface area contributed by atoms with Crippen LogP contribution >= 0.6 is 0 Å². The van der Waals surface area contributed by atoms with Crippen molar-refractivity contribution in [3.63, 3.8) is 0 Å². The summed E-state index contributed by atoms with van der Waals surface area (Å²) in [7, 11) is -2.39. The summed E-state index contributed by atoms with van der Waals surface area (Å²) in [5.41, 5.74) is 0.211. The molecule has 0 aromatic heterocycles. The fourth-order valence-electron chi connectivity index (χ4n) is 2.32. The van der Waals surface area contributed by atoms with Crippen molar-refractivity contribution in [2.75, 3.05) is 7.05 Å². The molecule has 0 aliphatic heterocycles. The molecule has 0 amide bonds. The third-order valence-electron chi connectivity index (χ3n) is 3.66. The van der Waals surface area contributed by atoms with Crippen molar-refractivity contribution in [1.82, 2.24) is 4.72 Å². The van der Waals surface area contributed by atoms with Crippen molar-refractivity contribution < 1.29 is 18.6 Å². The van der Waals surface area contributed by atoms with Gasteiger partial charge in [-0.15, -0.1) is 10.2 Å². The molecule has 0 aliphatic rings. The maximum atomic E-state index is 11.9. The van der Waals surface area contributed by atoms with Gasteiger partial charge >= 0.3 is 0 Å². The van der Waals surface area contributed by atoms with Gasteiger partial charge in [-0.3, -0.25) is 0 Å². The first kappa shape index (κ1) is 16.9. The van der Waals surface area contributed by atoms with Gasteiger partial charge < -0.3 is 10.2 Å². The van der Waals surface area contributed by atoms with Crippen LogP contribution in [0.5, 0.6) is 11.5 Å². The summed E-state index contributed by atoms with van der Waals surface area (Å²) in [4.78, 5) is -0.0520. The second-order valence-electron chi connectivity index (χ2n) is 5.21. The summed E-state index contributed by atoms with van der Waals surface area (Å²) in [6, 6.07) is 14.2. The van der Waals surface area contributed by atoms with E-state index < -0.39 is 10.0 Å². The van der Waals surface area contributed by atoms with Crippen LogP contribution in [-0.4, -0.2) is 25.7 Å². The predicted molar refractivity (Wildman–Crippen MR) is 94.1 cm³/mol. The molecule has 0 aliphatic carbocycles. The Morgan fingerprint density at radius 1 is 0.920 bits per heavy atom. The Balaban J connectivity index is 2.09. The molecule has 0 heterocycles. The van der Waals surface area contributed by atoms with Gasteiger partial charge in [0.05, 0.1) is 4.90 Å². The van der Waals surface area contributed by atoms with Gasteiger partial charge in [-0.2, -0.15) is 0 Å². The summed E-state index contributed by atoms with van der Waals surface area (Å²) < 4.78 is 25.9. The first-order valence-corrected chi connectivity index (χ1v) is 8.80. The minimum Gasteiger partial charge on any atom is -0.506 e. The fraction of sp³-hybridized carbons (Fsp3) is 0.0588. The van der Waals surface area contributed by atoms with Crippen LogP contribution in [0.3, 0.4) is 0 Å². The molecule has 7 nitrogen and oxygen atoms in total. The highest BCUT2D eigenvalue weighted by molar-refractivity contribution is 7.89. The van der Waals surface area contributed by atoms with E-state index in [0.717, 1.165) is 5.39 Å². The third-order valence-corrected chi connectivity index (χ3v) is 5.07.